The van der Waals surface area contributed by atoms with Crippen LogP contribution in [0.3, 0.4) is 0 Å². The third-order valence-electron chi connectivity index (χ3n) is 6.44. The van der Waals surface area contributed by atoms with Crippen molar-refractivity contribution < 1.29 is 0 Å². The maximum absolute atomic E-state index is 3.89. The largest absolute Gasteiger partial charge is 0.314 e. The number of hydrogen-bond acceptors (Lipinski definition) is 1. The molecule has 0 atom stereocenters. The average molecular weight is 422 g/mol. The molecule has 2 aliphatic rings. The molecular weight excluding hydrogens is 374 g/mol. The molecule has 0 aliphatic heterocycles. The Labute approximate surface area is 193 Å². The first-order valence-electron chi connectivity index (χ1n) is 13.2. The number of allylic oxidation sites excluding steroid dienone is 12. The minimum atomic E-state index is 0.783. The van der Waals surface area contributed by atoms with Crippen LogP contribution in [-0.2, 0) is 0 Å². The second-order valence-electron chi connectivity index (χ2n) is 9.21. The molecule has 0 saturated heterocycles. The Morgan fingerprint density at radius 3 is 1.74 bits per heavy atom. The van der Waals surface area contributed by atoms with Crippen LogP contribution >= 0.6 is 0 Å². The van der Waals surface area contributed by atoms with E-state index in [1.54, 1.807) is 0 Å². The van der Waals surface area contributed by atoms with Crippen molar-refractivity contribution in [2.24, 2.45) is 0 Å². The lowest BCUT2D eigenvalue weighted by atomic mass is 10.0. The quantitative estimate of drug-likeness (QED) is 0.366. The van der Waals surface area contributed by atoms with Crippen molar-refractivity contribution >= 4 is 0 Å². The molecular formula is C30H47N. The highest BCUT2D eigenvalue weighted by Gasteiger charge is 2.08. The van der Waals surface area contributed by atoms with E-state index in [1.807, 2.05) is 0 Å². The van der Waals surface area contributed by atoms with Gasteiger partial charge in [-0.05, 0) is 44.2 Å². The van der Waals surface area contributed by atoms with Crippen LogP contribution in [0.15, 0.2) is 72.4 Å². The Hall–Kier alpha value is -1.60. The molecule has 0 aromatic rings. The van der Waals surface area contributed by atoms with Crippen LogP contribution in [0.4, 0.5) is 0 Å². The number of hydrogen-bond donors (Lipinski definition) is 1. The average Bonchev–Trinajstić information content (AvgIpc) is 2.83. The van der Waals surface area contributed by atoms with Crippen molar-refractivity contribution in [2.75, 3.05) is 6.54 Å². The van der Waals surface area contributed by atoms with Crippen LogP contribution in [0.2, 0.25) is 0 Å². The van der Waals surface area contributed by atoms with Crippen LogP contribution < -0.4 is 5.32 Å². The molecule has 1 heteroatoms. The van der Waals surface area contributed by atoms with Crippen LogP contribution in [-0.4, -0.2) is 12.6 Å². The summed E-state index contributed by atoms with van der Waals surface area (Å²) in [6.45, 7) is 1.22. The minimum Gasteiger partial charge on any atom is -0.314 e. The maximum Gasteiger partial charge on any atom is 0.00670 e. The van der Waals surface area contributed by atoms with Crippen molar-refractivity contribution in [1.29, 1.82) is 0 Å². The standard InChI is InChI=1S/C30H47N/c1-2-6-11-17-23-29(24-18-12-7-3-1)25-19-13-10-16-22-28-31-30-26-20-14-8-4-5-9-15-21-27-30/h1-3,6-7,11-12,17-18,23-24,30-31H,4-5,8-10,13-16,19-22,25-28H2/b2-1?,3-1?,6-2?,7-3?,11-6+,12-7?,17-11?,18-12-,23-17-,24-18?,29-23?,29-24+. The topological polar surface area (TPSA) is 12.0 Å². The van der Waals surface area contributed by atoms with E-state index in [9.17, 15) is 0 Å². The van der Waals surface area contributed by atoms with Gasteiger partial charge in [0.2, 0.25) is 0 Å². The van der Waals surface area contributed by atoms with Crippen molar-refractivity contribution in [1.82, 2.24) is 5.32 Å². The summed E-state index contributed by atoms with van der Waals surface area (Å²) in [6.07, 6.45) is 45.7. The van der Waals surface area contributed by atoms with E-state index in [2.05, 4.69) is 72.2 Å². The van der Waals surface area contributed by atoms with Gasteiger partial charge in [-0.15, -0.1) is 0 Å². The van der Waals surface area contributed by atoms with E-state index in [-0.39, 0.29) is 0 Å². The van der Waals surface area contributed by atoms with Gasteiger partial charge in [-0.25, -0.2) is 0 Å². The second-order valence-corrected chi connectivity index (χ2v) is 9.21. The molecule has 0 aromatic heterocycles. The summed E-state index contributed by atoms with van der Waals surface area (Å²) < 4.78 is 0. The van der Waals surface area contributed by atoms with Crippen LogP contribution in [0.25, 0.3) is 0 Å². The van der Waals surface area contributed by atoms with Crippen LogP contribution in [0.5, 0.6) is 0 Å². The van der Waals surface area contributed by atoms with Gasteiger partial charge in [0.25, 0.3) is 0 Å². The predicted octanol–water partition coefficient (Wildman–Crippen LogP) is 8.92. The molecule has 31 heavy (non-hydrogen) atoms. The third-order valence-corrected chi connectivity index (χ3v) is 6.44. The summed E-state index contributed by atoms with van der Waals surface area (Å²) >= 11 is 0. The smallest absolute Gasteiger partial charge is 0.00670 e. The molecule has 1 N–H and O–H groups in total. The molecule has 0 bridgehead atoms. The third kappa shape index (κ3) is 14.9. The number of rotatable bonds is 9. The van der Waals surface area contributed by atoms with E-state index in [0.717, 1.165) is 6.04 Å². The van der Waals surface area contributed by atoms with Crippen molar-refractivity contribution in [2.45, 2.75) is 109 Å². The van der Waals surface area contributed by atoms with Crippen molar-refractivity contribution in [3.8, 4) is 0 Å². The van der Waals surface area contributed by atoms with Gasteiger partial charge in [0.1, 0.15) is 0 Å². The molecule has 0 unspecified atom stereocenters. The zero-order valence-electron chi connectivity index (χ0n) is 19.9. The molecule has 2 aliphatic carbocycles. The first-order valence-corrected chi connectivity index (χ1v) is 13.2. The van der Waals surface area contributed by atoms with Gasteiger partial charge >= 0.3 is 0 Å². The SMILES string of the molecule is C1=C\C=C/C=C(CCCCCCCNC2CCCCCCCCCC2)\C=C/C=C/C=C1. The molecule has 1 nitrogen and oxygen atoms in total. The van der Waals surface area contributed by atoms with Gasteiger partial charge in [0.15, 0.2) is 0 Å². The molecule has 1 saturated carbocycles. The van der Waals surface area contributed by atoms with Crippen LogP contribution in [0, 0.1) is 0 Å². The molecule has 0 amide bonds. The summed E-state index contributed by atoms with van der Waals surface area (Å²) in [5, 5.41) is 3.89. The molecule has 172 valence electrons. The minimum absolute atomic E-state index is 0.783. The Morgan fingerprint density at radius 2 is 1.06 bits per heavy atom. The Bertz CT molecular complexity index is 590. The summed E-state index contributed by atoms with van der Waals surface area (Å²) in [7, 11) is 0. The fraction of sp³-hybridized carbons (Fsp3) is 0.600. The van der Waals surface area contributed by atoms with Gasteiger partial charge < -0.3 is 5.32 Å². The van der Waals surface area contributed by atoms with E-state index in [1.165, 1.54) is 115 Å². The van der Waals surface area contributed by atoms with Crippen molar-refractivity contribution in [3.05, 3.63) is 72.4 Å². The molecule has 0 heterocycles. The Balaban J connectivity index is 1.54. The highest BCUT2D eigenvalue weighted by Crippen LogP contribution is 2.17. The first-order chi connectivity index (χ1) is 15.4. The lowest BCUT2D eigenvalue weighted by Gasteiger charge is -2.18. The van der Waals surface area contributed by atoms with E-state index < -0.39 is 0 Å². The predicted molar refractivity (Wildman–Crippen MR) is 139 cm³/mol. The molecule has 0 aromatic carbocycles. The lowest BCUT2D eigenvalue weighted by molar-refractivity contribution is 0.415. The molecule has 0 radical (unpaired) electrons. The summed E-state index contributed by atoms with van der Waals surface area (Å²) in [6, 6.07) is 0.783. The monoisotopic (exact) mass is 421 g/mol. The summed E-state index contributed by atoms with van der Waals surface area (Å²) in [5.74, 6) is 0. The highest BCUT2D eigenvalue weighted by atomic mass is 14.9. The van der Waals surface area contributed by atoms with Gasteiger partial charge in [0.05, 0.1) is 0 Å². The van der Waals surface area contributed by atoms with Gasteiger partial charge in [0, 0.05) is 6.04 Å². The summed E-state index contributed by atoms with van der Waals surface area (Å²) in [4.78, 5) is 0. The Morgan fingerprint density at radius 1 is 0.548 bits per heavy atom. The van der Waals surface area contributed by atoms with E-state index >= 15 is 0 Å². The molecule has 0 spiro atoms. The number of nitrogens with one attached hydrogen (secondary N) is 1. The fourth-order valence-electron chi connectivity index (χ4n) is 4.51. The van der Waals surface area contributed by atoms with E-state index in [4.69, 9.17) is 0 Å². The van der Waals surface area contributed by atoms with Crippen LogP contribution in [0.1, 0.15) is 103 Å². The van der Waals surface area contributed by atoms with Gasteiger partial charge in [-0.3, -0.25) is 0 Å². The normalized spacial score (nSPS) is 24.2. The zero-order chi connectivity index (χ0) is 21.7. The van der Waals surface area contributed by atoms with E-state index in [0.29, 0.717) is 0 Å². The van der Waals surface area contributed by atoms with Gasteiger partial charge in [-0.1, -0.05) is 137 Å². The second kappa shape index (κ2) is 19.1. The number of unbranched alkanes of at least 4 members (excludes halogenated alkanes) is 4. The lowest BCUT2D eigenvalue weighted by Crippen LogP contribution is -2.30. The molecule has 1 fully saturated rings. The molecule has 2 rings (SSSR count). The Kier molecular flexibility index (Phi) is 15.8. The van der Waals surface area contributed by atoms with Gasteiger partial charge in [-0.2, -0.15) is 0 Å². The maximum atomic E-state index is 3.89. The van der Waals surface area contributed by atoms with Crippen molar-refractivity contribution in [3.63, 3.8) is 0 Å². The zero-order valence-corrected chi connectivity index (χ0v) is 19.9. The fourth-order valence-corrected chi connectivity index (χ4v) is 4.51. The summed E-state index contributed by atoms with van der Waals surface area (Å²) in [5.41, 5.74) is 1.42. The first kappa shape index (κ1) is 25.7. The highest BCUT2D eigenvalue weighted by molar-refractivity contribution is 5.29.